The molecule has 0 bridgehead atoms. The summed E-state index contributed by atoms with van der Waals surface area (Å²) in [6.07, 6.45) is 27.7. The summed E-state index contributed by atoms with van der Waals surface area (Å²) < 4.78 is 32.4. The number of carbonyl (C=O) groups excluding carboxylic acids is 2. The number of carbonyl (C=O) groups is 2. The molecule has 278 valence electrons. The standard InChI is InChI=1S/C36H69O10P/c1-3-5-7-9-11-12-13-14-15-16-17-18-19-20-22-24-26-28-36(40)46-34(32-45-47(41,42)44-30-33(38)29-37)31-43-35(39)27-25-23-21-10-8-6-4-2/h12-13,33-34,37-38H,3-11,14-32H2,1-2H3,(H,41,42)/b13-12+/t33-,34+/m0/s1. The molecule has 0 radical (unpaired) electrons. The van der Waals surface area contributed by atoms with Gasteiger partial charge in [-0.05, 0) is 38.5 Å². The predicted molar refractivity (Wildman–Crippen MR) is 187 cm³/mol. The van der Waals surface area contributed by atoms with Crippen molar-refractivity contribution in [1.29, 1.82) is 0 Å². The summed E-state index contributed by atoms with van der Waals surface area (Å²) in [7, 11) is -4.60. The van der Waals surface area contributed by atoms with Gasteiger partial charge in [-0.2, -0.15) is 0 Å². The van der Waals surface area contributed by atoms with Crippen LogP contribution in [0.5, 0.6) is 0 Å². The molecule has 0 saturated carbocycles. The van der Waals surface area contributed by atoms with Crippen LogP contribution in [-0.4, -0.2) is 65.7 Å². The van der Waals surface area contributed by atoms with Crippen LogP contribution in [0, 0.1) is 0 Å². The quantitative estimate of drug-likeness (QED) is 0.0254. The van der Waals surface area contributed by atoms with Crippen molar-refractivity contribution in [1.82, 2.24) is 0 Å². The van der Waals surface area contributed by atoms with Gasteiger partial charge in [-0.1, -0.05) is 129 Å². The summed E-state index contributed by atoms with van der Waals surface area (Å²) in [5.41, 5.74) is 0. The third-order valence-corrected chi connectivity index (χ3v) is 8.87. The summed E-state index contributed by atoms with van der Waals surface area (Å²) in [6.45, 7) is 2.31. The van der Waals surface area contributed by atoms with Crippen molar-refractivity contribution in [2.75, 3.05) is 26.4 Å². The van der Waals surface area contributed by atoms with Gasteiger partial charge in [0.1, 0.15) is 12.7 Å². The highest BCUT2D eigenvalue weighted by molar-refractivity contribution is 7.47. The SMILES string of the molecule is CCCCCC/C=C/CCCCCCCCCCCC(=O)O[C@H](COC(=O)CCCCCCCCC)COP(=O)(O)OC[C@@H](O)CO. The van der Waals surface area contributed by atoms with Crippen molar-refractivity contribution in [3.05, 3.63) is 12.2 Å². The highest BCUT2D eigenvalue weighted by Gasteiger charge is 2.27. The van der Waals surface area contributed by atoms with Gasteiger partial charge in [-0.15, -0.1) is 0 Å². The number of aliphatic hydroxyl groups excluding tert-OH is 2. The second kappa shape index (κ2) is 33.2. The number of allylic oxidation sites excluding steroid dienone is 2. The second-order valence-electron chi connectivity index (χ2n) is 12.6. The minimum absolute atomic E-state index is 0.185. The topological polar surface area (TPSA) is 149 Å². The average Bonchev–Trinajstić information content (AvgIpc) is 3.05. The van der Waals surface area contributed by atoms with E-state index < -0.39 is 51.8 Å². The molecule has 0 heterocycles. The van der Waals surface area contributed by atoms with E-state index in [0.29, 0.717) is 12.8 Å². The number of unbranched alkanes of at least 4 members (excludes halogenated alkanes) is 19. The van der Waals surface area contributed by atoms with Crippen LogP contribution in [0.2, 0.25) is 0 Å². The molecule has 11 heteroatoms. The normalized spacial score (nSPS) is 14.2. The molecular formula is C36H69O10P. The molecule has 0 aromatic carbocycles. The number of hydrogen-bond acceptors (Lipinski definition) is 9. The van der Waals surface area contributed by atoms with Crippen LogP contribution in [-0.2, 0) is 32.7 Å². The number of phosphoric ester groups is 1. The molecule has 0 rings (SSSR count). The Morgan fingerprint density at radius 2 is 1.04 bits per heavy atom. The van der Waals surface area contributed by atoms with Gasteiger partial charge in [0.15, 0.2) is 6.10 Å². The fourth-order valence-electron chi connectivity index (χ4n) is 4.99. The lowest BCUT2D eigenvalue weighted by atomic mass is 10.1. The molecule has 0 aliphatic heterocycles. The van der Waals surface area contributed by atoms with Crippen LogP contribution >= 0.6 is 7.82 Å². The van der Waals surface area contributed by atoms with Gasteiger partial charge in [-0.25, -0.2) is 4.57 Å². The van der Waals surface area contributed by atoms with E-state index >= 15 is 0 Å². The van der Waals surface area contributed by atoms with Crippen molar-refractivity contribution in [2.24, 2.45) is 0 Å². The first-order valence-corrected chi connectivity index (χ1v) is 20.1. The molecule has 0 saturated heterocycles. The lowest BCUT2D eigenvalue weighted by molar-refractivity contribution is -0.161. The summed E-state index contributed by atoms with van der Waals surface area (Å²) in [5.74, 6) is -0.930. The number of rotatable bonds is 35. The molecule has 3 N–H and O–H groups in total. The highest BCUT2D eigenvalue weighted by atomic mass is 31.2. The van der Waals surface area contributed by atoms with E-state index in [2.05, 4.69) is 30.5 Å². The van der Waals surface area contributed by atoms with Gasteiger partial charge in [0.2, 0.25) is 0 Å². The van der Waals surface area contributed by atoms with E-state index in [4.69, 9.17) is 19.1 Å². The summed E-state index contributed by atoms with van der Waals surface area (Å²) in [4.78, 5) is 34.6. The first-order chi connectivity index (χ1) is 22.7. The van der Waals surface area contributed by atoms with E-state index in [1.54, 1.807) is 0 Å². The van der Waals surface area contributed by atoms with Crippen LogP contribution in [0.25, 0.3) is 0 Å². The van der Waals surface area contributed by atoms with Crippen molar-refractivity contribution in [3.63, 3.8) is 0 Å². The summed E-state index contributed by atoms with van der Waals surface area (Å²) in [5, 5.41) is 18.2. The third kappa shape index (κ3) is 33.0. The molecule has 0 aliphatic rings. The summed E-state index contributed by atoms with van der Waals surface area (Å²) >= 11 is 0. The van der Waals surface area contributed by atoms with Crippen LogP contribution in [0.15, 0.2) is 12.2 Å². The van der Waals surface area contributed by atoms with Crippen molar-refractivity contribution < 1.29 is 47.8 Å². The molecule has 3 atom stereocenters. The Hall–Kier alpha value is -1.29. The van der Waals surface area contributed by atoms with Gasteiger partial charge in [0.05, 0.1) is 19.8 Å². The Bertz CT molecular complexity index is 807. The number of phosphoric acid groups is 1. The predicted octanol–water partition coefficient (Wildman–Crippen LogP) is 8.89. The minimum atomic E-state index is -4.60. The number of esters is 2. The lowest BCUT2D eigenvalue weighted by Gasteiger charge is -2.20. The fourth-order valence-corrected chi connectivity index (χ4v) is 5.78. The maximum atomic E-state index is 12.5. The monoisotopic (exact) mass is 692 g/mol. The highest BCUT2D eigenvalue weighted by Crippen LogP contribution is 2.43. The Labute approximate surface area is 286 Å². The van der Waals surface area contributed by atoms with Gasteiger partial charge >= 0.3 is 19.8 Å². The Morgan fingerprint density at radius 1 is 0.617 bits per heavy atom. The van der Waals surface area contributed by atoms with Crippen molar-refractivity contribution in [2.45, 2.75) is 180 Å². The van der Waals surface area contributed by atoms with E-state index in [-0.39, 0.29) is 19.4 Å². The molecule has 0 spiro atoms. The maximum absolute atomic E-state index is 12.5. The maximum Gasteiger partial charge on any atom is 0.472 e. The minimum Gasteiger partial charge on any atom is -0.462 e. The van der Waals surface area contributed by atoms with Crippen LogP contribution in [0.1, 0.15) is 168 Å². The molecular weight excluding hydrogens is 623 g/mol. The fraction of sp³-hybridized carbons (Fsp3) is 0.889. The van der Waals surface area contributed by atoms with Gasteiger partial charge < -0.3 is 24.6 Å². The van der Waals surface area contributed by atoms with Crippen LogP contribution in [0.3, 0.4) is 0 Å². The van der Waals surface area contributed by atoms with E-state index in [1.165, 1.54) is 89.9 Å². The van der Waals surface area contributed by atoms with E-state index in [1.807, 2.05) is 0 Å². The molecule has 0 aromatic heterocycles. The van der Waals surface area contributed by atoms with Crippen molar-refractivity contribution in [3.8, 4) is 0 Å². The molecule has 1 unspecified atom stereocenters. The molecule has 0 fully saturated rings. The molecule has 47 heavy (non-hydrogen) atoms. The smallest absolute Gasteiger partial charge is 0.462 e. The lowest BCUT2D eigenvalue weighted by Crippen LogP contribution is -2.29. The average molecular weight is 693 g/mol. The Morgan fingerprint density at radius 3 is 1.55 bits per heavy atom. The van der Waals surface area contributed by atoms with Crippen molar-refractivity contribution >= 4 is 19.8 Å². The second-order valence-corrected chi connectivity index (χ2v) is 14.1. The van der Waals surface area contributed by atoms with Gasteiger partial charge in [-0.3, -0.25) is 18.6 Å². The zero-order chi connectivity index (χ0) is 34.9. The first kappa shape index (κ1) is 45.7. The van der Waals surface area contributed by atoms with E-state index in [9.17, 15) is 24.2 Å². The molecule has 0 aliphatic carbocycles. The number of aliphatic hydroxyl groups is 2. The number of hydrogen-bond donors (Lipinski definition) is 3. The zero-order valence-electron chi connectivity index (χ0n) is 29.8. The molecule has 0 aromatic rings. The Kier molecular flexibility index (Phi) is 32.3. The third-order valence-electron chi connectivity index (χ3n) is 7.92. The Balaban J connectivity index is 4.27. The zero-order valence-corrected chi connectivity index (χ0v) is 30.6. The molecule has 0 amide bonds. The van der Waals surface area contributed by atoms with Crippen LogP contribution < -0.4 is 0 Å². The van der Waals surface area contributed by atoms with E-state index in [0.717, 1.165) is 38.5 Å². The molecule has 10 nitrogen and oxygen atoms in total. The number of ether oxygens (including phenoxy) is 2. The van der Waals surface area contributed by atoms with Gasteiger partial charge in [0.25, 0.3) is 0 Å². The largest absolute Gasteiger partial charge is 0.472 e. The summed E-state index contributed by atoms with van der Waals surface area (Å²) in [6, 6.07) is 0. The van der Waals surface area contributed by atoms with Crippen LogP contribution in [0.4, 0.5) is 0 Å². The van der Waals surface area contributed by atoms with Gasteiger partial charge in [0, 0.05) is 12.8 Å². The first-order valence-electron chi connectivity index (χ1n) is 18.6.